The van der Waals surface area contributed by atoms with E-state index in [4.69, 9.17) is 10.5 Å². The first-order chi connectivity index (χ1) is 10.9. The zero-order chi connectivity index (χ0) is 16.9. The topological polar surface area (TPSA) is 77.6 Å². The first-order valence-corrected chi connectivity index (χ1v) is 7.11. The van der Waals surface area contributed by atoms with Gasteiger partial charge in [-0.15, -0.1) is 0 Å². The minimum atomic E-state index is -1.26. The van der Waals surface area contributed by atoms with Gasteiger partial charge >= 0.3 is 5.97 Å². The molecule has 2 heterocycles. The van der Waals surface area contributed by atoms with Crippen molar-refractivity contribution in [3.63, 3.8) is 0 Å². The monoisotopic (exact) mass is 323 g/mol. The second-order valence-corrected chi connectivity index (χ2v) is 5.31. The fourth-order valence-corrected chi connectivity index (χ4v) is 2.84. The zero-order valence-electron chi connectivity index (χ0n) is 12.7. The summed E-state index contributed by atoms with van der Waals surface area (Å²) in [7, 11) is 1.71. The number of carbonyl (C=O) groups is 1. The molecule has 0 radical (unpaired) electrons. The third-order valence-electron chi connectivity index (χ3n) is 3.99. The molecule has 0 fully saturated rings. The summed E-state index contributed by atoms with van der Waals surface area (Å²) in [6.07, 6.45) is 1.51. The first-order valence-electron chi connectivity index (χ1n) is 7.11. The number of benzene rings is 1. The number of esters is 1. The van der Waals surface area contributed by atoms with Gasteiger partial charge in [-0.25, -0.2) is 13.6 Å². The second kappa shape index (κ2) is 5.22. The summed E-state index contributed by atoms with van der Waals surface area (Å²) >= 11 is 0. The summed E-state index contributed by atoms with van der Waals surface area (Å²) in [6, 6.07) is 0. The van der Waals surface area contributed by atoms with E-state index < -0.39 is 28.7 Å². The zero-order valence-corrected chi connectivity index (χ0v) is 12.7. The average molecular weight is 323 g/mol. The number of nitrogens with two attached hydrogens (primary N) is 1. The van der Waals surface area contributed by atoms with Gasteiger partial charge in [0.1, 0.15) is 5.56 Å². The van der Waals surface area contributed by atoms with Crippen LogP contribution < -0.4 is 16.2 Å². The molecule has 1 aliphatic rings. The minimum absolute atomic E-state index is 0.0808. The molecular weight excluding hydrogens is 308 g/mol. The van der Waals surface area contributed by atoms with Gasteiger partial charge in [-0.1, -0.05) is 0 Å². The highest BCUT2D eigenvalue weighted by Gasteiger charge is 2.29. The number of nitrogen functional groups attached to an aromatic ring is 1. The van der Waals surface area contributed by atoms with Gasteiger partial charge in [-0.2, -0.15) is 0 Å². The first kappa shape index (κ1) is 15.3. The lowest BCUT2D eigenvalue weighted by molar-refractivity contribution is 0.0524. The van der Waals surface area contributed by atoms with Crippen LogP contribution in [0.1, 0.15) is 22.8 Å². The van der Waals surface area contributed by atoms with Gasteiger partial charge in [0.2, 0.25) is 5.43 Å². The highest BCUT2D eigenvalue weighted by Crippen LogP contribution is 2.31. The molecule has 0 atom stereocenters. The molecule has 0 spiro atoms. The van der Waals surface area contributed by atoms with Crippen LogP contribution in [0.4, 0.5) is 14.5 Å². The van der Waals surface area contributed by atoms with Crippen molar-refractivity contribution in [2.24, 2.45) is 0 Å². The van der Waals surface area contributed by atoms with Gasteiger partial charge in [0.15, 0.2) is 11.6 Å². The summed E-state index contributed by atoms with van der Waals surface area (Å²) < 4.78 is 34.5. The maximum Gasteiger partial charge on any atom is 0.343 e. The number of nitrogens with zero attached hydrogens (tertiary/aromatic N) is 2. The Bertz CT molecular complexity index is 892. The second-order valence-electron chi connectivity index (χ2n) is 5.31. The van der Waals surface area contributed by atoms with Crippen LogP contribution >= 0.6 is 0 Å². The minimum Gasteiger partial charge on any atom is -0.462 e. The van der Waals surface area contributed by atoms with Gasteiger partial charge in [0.05, 0.1) is 23.2 Å². The number of hydrogen-bond acceptors (Lipinski definition) is 5. The van der Waals surface area contributed by atoms with Crippen molar-refractivity contribution in [1.29, 1.82) is 0 Å². The van der Waals surface area contributed by atoms with E-state index in [0.29, 0.717) is 6.54 Å². The lowest BCUT2D eigenvalue weighted by Gasteiger charge is -2.31. The number of ether oxygens (including phenoxy) is 1. The Kier molecular flexibility index (Phi) is 3.46. The van der Waals surface area contributed by atoms with Crippen LogP contribution in [-0.2, 0) is 11.2 Å². The Hall–Kier alpha value is -2.64. The van der Waals surface area contributed by atoms with E-state index in [1.165, 1.54) is 10.9 Å². The van der Waals surface area contributed by atoms with Gasteiger partial charge in [0.25, 0.3) is 0 Å². The van der Waals surface area contributed by atoms with Gasteiger partial charge < -0.3 is 15.5 Å². The highest BCUT2D eigenvalue weighted by molar-refractivity contribution is 5.99. The molecule has 6 nitrogen and oxygen atoms in total. The van der Waals surface area contributed by atoms with E-state index in [0.717, 1.165) is 0 Å². The third-order valence-corrected chi connectivity index (χ3v) is 3.99. The number of rotatable bonds is 2. The highest BCUT2D eigenvalue weighted by atomic mass is 19.2. The Morgan fingerprint density at radius 2 is 2.09 bits per heavy atom. The summed E-state index contributed by atoms with van der Waals surface area (Å²) in [5.41, 5.74) is 4.27. The average Bonchev–Trinajstić information content (AvgIpc) is 2.52. The molecule has 0 unspecified atom stereocenters. The van der Waals surface area contributed by atoms with Crippen LogP contribution in [0.3, 0.4) is 0 Å². The number of hydrogen-bond donors (Lipinski definition) is 1. The molecular formula is C15H15F2N3O3. The predicted molar refractivity (Wildman–Crippen MR) is 81.2 cm³/mol. The number of carbonyl (C=O) groups excluding carboxylic acids is 1. The largest absolute Gasteiger partial charge is 0.462 e. The van der Waals surface area contributed by atoms with E-state index in [-0.39, 0.29) is 35.1 Å². The van der Waals surface area contributed by atoms with Crippen LogP contribution in [0.5, 0.6) is 0 Å². The van der Waals surface area contributed by atoms with Gasteiger partial charge in [-0.05, 0) is 13.3 Å². The van der Waals surface area contributed by atoms with E-state index >= 15 is 0 Å². The number of likely N-dealkylation sites (N-methyl/N-ethyl adjacent to an activating group) is 1. The smallest absolute Gasteiger partial charge is 0.343 e. The summed E-state index contributed by atoms with van der Waals surface area (Å²) in [6.45, 7) is 2.09. The van der Waals surface area contributed by atoms with Crippen LogP contribution in [-0.4, -0.2) is 30.8 Å². The van der Waals surface area contributed by atoms with Crippen LogP contribution in [0.15, 0.2) is 11.0 Å². The maximum absolute atomic E-state index is 14.2. The fourth-order valence-electron chi connectivity index (χ4n) is 2.84. The molecule has 0 amide bonds. The van der Waals surface area contributed by atoms with Crippen molar-refractivity contribution in [1.82, 2.24) is 4.68 Å². The molecule has 0 aliphatic carbocycles. The molecule has 2 aromatic rings. The lowest BCUT2D eigenvalue weighted by atomic mass is 10.0. The molecule has 8 heteroatoms. The van der Waals surface area contributed by atoms with E-state index in [2.05, 4.69) is 0 Å². The molecule has 1 aromatic heterocycles. The van der Waals surface area contributed by atoms with Crippen LogP contribution in [0, 0.1) is 11.6 Å². The maximum atomic E-state index is 14.2. The number of halogens is 2. The summed E-state index contributed by atoms with van der Waals surface area (Å²) in [5, 5.41) is 1.49. The van der Waals surface area contributed by atoms with Crippen molar-refractivity contribution in [3.8, 4) is 0 Å². The molecule has 1 aromatic carbocycles. The van der Waals surface area contributed by atoms with Crippen LogP contribution in [0.25, 0.3) is 10.9 Å². The molecule has 23 heavy (non-hydrogen) atoms. The standard InChI is InChI=1S/C15H15F2N3O3/c1-3-23-15(22)8-6-20-13-7(4-5-19(20)2)10(16)11(17)12(18)9(13)14(8)21/h6H,3-5,18H2,1-2H3. The quantitative estimate of drug-likeness (QED) is 0.663. The van der Waals surface area contributed by atoms with Crippen molar-refractivity contribution in [2.75, 3.05) is 30.9 Å². The Morgan fingerprint density at radius 1 is 1.39 bits per heavy atom. The Balaban J connectivity index is 2.49. The van der Waals surface area contributed by atoms with E-state index in [1.54, 1.807) is 19.0 Å². The molecule has 0 saturated carbocycles. The molecule has 0 bridgehead atoms. The van der Waals surface area contributed by atoms with Crippen molar-refractivity contribution >= 4 is 22.6 Å². The number of anilines is 1. The molecule has 122 valence electrons. The number of aromatic nitrogens is 1. The van der Waals surface area contributed by atoms with Crippen LogP contribution in [0.2, 0.25) is 0 Å². The van der Waals surface area contributed by atoms with Gasteiger partial charge in [-0.3, -0.25) is 9.47 Å². The Labute approximate surface area is 130 Å². The summed E-state index contributed by atoms with van der Waals surface area (Å²) in [5.74, 6) is -3.14. The number of pyridine rings is 1. The fraction of sp³-hybridized carbons (Fsp3) is 0.333. The van der Waals surface area contributed by atoms with Crippen molar-refractivity contribution in [3.05, 3.63) is 39.2 Å². The normalized spacial score (nSPS) is 13.5. The van der Waals surface area contributed by atoms with E-state index in [9.17, 15) is 18.4 Å². The third kappa shape index (κ3) is 2.05. The van der Waals surface area contributed by atoms with Crippen molar-refractivity contribution in [2.45, 2.75) is 13.3 Å². The van der Waals surface area contributed by atoms with E-state index in [1.807, 2.05) is 0 Å². The van der Waals surface area contributed by atoms with Gasteiger partial charge in [0, 0.05) is 25.4 Å². The predicted octanol–water partition coefficient (Wildman–Crippen LogP) is 1.16. The van der Waals surface area contributed by atoms with Crippen molar-refractivity contribution < 1.29 is 18.3 Å². The molecule has 1 aliphatic heterocycles. The molecule has 3 rings (SSSR count). The Morgan fingerprint density at radius 3 is 2.74 bits per heavy atom. The lowest BCUT2D eigenvalue weighted by Crippen LogP contribution is -2.39. The SMILES string of the molecule is CCOC(=O)c1cn2c3c(c(F)c(F)c(N)c3c1=O)CCN2C. The summed E-state index contributed by atoms with van der Waals surface area (Å²) in [4.78, 5) is 24.6. The molecule has 2 N–H and O–H groups in total. The molecule has 0 saturated heterocycles.